The topological polar surface area (TPSA) is 121 Å². The standard InChI is InChI=1S/C27H34N6O2/c28-26-20-11-12-33(27(20)30-15-29-26)22-14-18(24(34)25(22)35)8-6-16-5-7-17-9-10-23(32-21(17)13-16)31-19-3-1-2-4-19/h5,7,9-13,18-19,22,24-25,30,34-35H,1-4,6,8,14-15H2,(H2,28,29)(H,31,32)/t18-,22+,24+,25-/m0/s1. The summed E-state index contributed by atoms with van der Waals surface area (Å²) in [5, 5.41) is 29.7. The molecule has 3 heterocycles. The van der Waals surface area contributed by atoms with Crippen molar-refractivity contribution in [2.24, 2.45) is 16.6 Å². The second-order valence-electron chi connectivity index (χ2n) is 10.3. The number of anilines is 2. The summed E-state index contributed by atoms with van der Waals surface area (Å²) >= 11 is 0. The molecule has 1 aliphatic heterocycles. The van der Waals surface area contributed by atoms with Gasteiger partial charge in [-0.15, -0.1) is 0 Å². The van der Waals surface area contributed by atoms with Crippen molar-refractivity contribution in [2.45, 2.75) is 69.2 Å². The Morgan fingerprint density at radius 3 is 2.77 bits per heavy atom. The molecule has 184 valence electrons. The number of nitrogens with two attached hydrogens (primary N) is 1. The third-order valence-electron chi connectivity index (χ3n) is 8.08. The quantitative estimate of drug-likeness (QED) is 0.373. The Morgan fingerprint density at radius 2 is 1.91 bits per heavy atom. The highest BCUT2D eigenvalue weighted by Gasteiger charge is 2.42. The Kier molecular flexibility index (Phi) is 5.86. The molecule has 0 spiro atoms. The number of nitrogens with zero attached hydrogens (tertiary/aromatic N) is 3. The van der Waals surface area contributed by atoms with Crippen LogP contribution in [0, 0.1) is 5.92 Å². The predicted molar refractivity (Wildman–Crippen MR) is 139 cm³/mol. The third-order valence-corrected chi connectivity index (χ3v) is 8.08. The van der Waals surface area contributed by atoms with Crippen molar-refractivity contribution in [1.29, 1.82) is 0 Å². The lowest BCUT2D eigenvalue weighted by atomic mass is 9.95. The van der Waals surface area contributed by atoms with Crippen LogP contribution in [-0.2, 0) is 6.42 Å². The van der Waals surface area contributed by atoms with Gasteiger partial charge in [0.15, 0.2) is 0 Å². The summed E-state index contributed by atoms with van der Waals surface area (Å²) in [5.74, 6) is 2.35. The first kappa shape index (κ1) is 22.4. The predicted octanol–water partition coefficient (Wildman–Crippen LogP) is 3.39. The van der Waals surface area contributed by atoms with Crippen molar-refractivity contribution >= 4 is 28.4 Å². The van der Waals surface area contributed by atoms with Crippen molar-refractivity contribution < 1.29 is 10.2 Å². The number of benzene rings is 1. The summed E-state index contributed by atoms with van der Waals surface area (Å²) in [4.78, 5) is 9.09. The second-order valence-corrected chi connectivity index (χ2v) is 10.3. The number of aliphatic imine (C=N–C) groups is 1. The molecule has 2 saturated carbocycles. The number of hydrogen-bond donors (Lipinski definition) is 5. The van der Waals surface area contributed by atoms with Crippen LogP contribution >= 0.6 is 0 Å². The Balaban J connectivity index is 1.14. The molecule has 1 aromatic carbocycles. The zero-order chi connectivity index (χ0) is 23.9. The van der Waals surface area contributed by atoms with Gasteiger partial charge >= 0.3 is 0 Å². The zero-order valence-electron chi connectivity index (χ0n) is 19.9. The molecule has 8 heteroatoms. The fourth-order valence-corrected chi connectivity index (χ4v) is 6.09. The van der Waals surface area contributed by atoms with Crippen molar-refractivity contribution in [1.82, 2.24) is 9.55 Å². The Hall–Kier alpha value is -3.10. The van der Waals surface area contributed by atoms with Gasteiger partial charge in [0, 0.05) is 17.6 Å². The largest absolute Gasteiger partial charge is 0.390 e. The molecule has 2 aromatic heterocycles. The lowest BCUT2D eigenvalue weighted by Crippen LogP contribution is -2.30. The van der Waals surface area contributed by atoms with Crippen molar-refractivity contribution in [3.05, 3.63) is 53.7 Å². The van der Waals surface area contributed by atoms with Gasteiger partial charge in [0.05, 0.1) is 23.2 Å². The minimum atomic E-state index is -0.819. The monoisotopic (exact) mass is 474 g/mol. The number of nitrogens with one attached hydrogen (secondary N) is 2. The number of pyridine rings is 1. The van der Waals surface area contributed by atoms with Gasteiger partial charge in [0.2, 0.25) is 0 Å². The molecular weight excluding hydrogens is 440 g/mol. The highest BCUT2D eigenvalue weighted by atomic mass is 16.3. The fourth-order valence-electron chi connectivity index (χ4n) is 6.09. The average Bonchev–Trinajstić information content (AvgIpc) is 3.59. The minimum Gasteiger partial charge on any atom is -0.390 e. The number of aliphatic hydroxyl groups excluding tert-OH is 2. The van der Waals surface area contributed by atoms with Gasteiger partial charge in [-0.1, -0.05) is 25.0 Å². The zero-order valence-corrected chi connectivity index (χ0v) is 19.9. The van der Waals surface area contributed by atoms with Crippen molar-refractivity contribution in [3.63, 3.8) is 0 Å². The highest BCUT2D eigenvalue weighted by molar-refractivity contribution is 6.03. The molecule has 2 aliphatic carbocycles. The van der Waals surface area contributed by atoms with Gasteiger partial charge in [-0.2, -0.15) is 0 Å². The lowest BCUT2D eigenvalue weighted by Gasteiger charge is -2.23. The normalized spacial score (nSPS) is 26.5. The Labute approximate surface area is 205 Å². The van der Waals surface area contributed by atoms with Crippen LogP contribution in [0.1, 0.15) is 55.7 Å². The summed E-state index contributed by atoms with van der Waals surface area (Å²) in [6.07, 6.45) is 7.74. The number of aryl methyl sites for hydroxylation is 1. The van der Waals surface area contributed by atoms with Gasteiger partial charge in [0.25, 0.3) is 0 Å². The minimum absolute atomic E-state index is 0.0154. The second kappa shape index (κ2) is 9.17. The molecule has 6 rings (SSSR count). The first-order chi connectivity index (χ1) is 17.1. The van der Waals surface area contributed by atoms with E-state index in [0.29, 0.717) is 25.0 Å². The SMILES string of the molecule is NC1=NCNc2c1ccn2[C@@H]1C[C@H](CCc2ccc3ccc(NC4CCCC4)nc3c2)[C@@H](O)[C@H]1O. The molecule has 0 unspecified atom stereocenters. The molecule has 4 atom stereocenters. The Bertz CT molecular complexity index is 1250. The van der Waals surface area contributed by atoms with E-state index in [0.717, 1.165) is 40.9 Å². The molecule has 35 heavy (non-hydrogen) atoms. The number of amidine groups is 1. The van der Waals surface area contributed by atoms with Gasteiger partial charge in [-0.25, -0.2) is 9.98 Å². The smallest absolute Gasteiger partial charge is 0.131 e. The number of rotatable bonds is 6. The van der Waals surface area contributed by atoms with Crippen LogP contribution in [0.15, 0.2) is 47.6 Å². The molecule has 3 aromatic rings. The van der Waals surface area contributed by atoms with Crippen LogP contribution in [0.25, 0.3) is 10.9 Å². The van der Waals surface area contributed by atoms with E-state index in [4.69, 9.17) is 10.7 Å². The summed E-state index contributed by atoms with van der Waals surface area (Å²) < 4.78 is 2.02. The Morgan fingerprint density at radius 1 is 1.09 bits per heavy atom. The lowest BCUT2D eigenvalue weighted by molar-refractivity contribution is 0.00524. The first-order valence-electron chi connectivity index (χ1n) is 12.8. The van der Waals surface area contributed by atoms with E-state index in [2.05, 4.69) is 46.0 Å². The van der Waals surface area contributed by atoms with Crippen LogP contribution in [0.4, 0.5) is 11.6 Å². The van der Waals surface area contributed by atoms with Crippen molar-refractivity contribution in [2.75, 3.05) is 17.3 Å². The van der Waals surface area contributed by atoms with Gasteiger partial charge in [-0.05, 0) is 67.9 Å². The van der Waals surface area contributed by atoms with E-state index in [1.807, 2.05) is 16.8 Å². The fraction of sp³-hybridized carbons (Fsp3) is 0.481. The van der Waals surface area contributed by atoms with Crippen LogP contribution in [0.2, 0.25) is 0 Å². The van der Waals surface area contributed by atoms with Gasteiger partial charge < -0.3 is 31.1 Å². The maximum atomic E-state index is 10.9. The number of hydrogen-bond acceptors (Lipinski definition) is 7. The van der Waals surface area contributed by atoms with E-state index in [-0.39, 0.29) is 12.0 Å². The van der Waals surface area contributed by atoms with Crippen molar-refractivity contribution in [3.8, 4) is 0 Å². The summed E-state index contributed by atoms with van der Waals surface area (Å²) in [6.45, 7) is 0.422. The van der Waals surface area contributed by atoms with E-state index in [1.165, 1.54) is 31.2 Å². The first-order valence-corrected chi connectivity index (χ1v) is 12.8. The molecule has 0 radical (unpaired) electrons. The molecule has 3 aliphatic rings. The summed E-state index contributed by atoms with van der Waals surface area (Å²) in [7, 11) is 0. The summed E-state index contributed by atoms with van der Waals surface area (Å²) in [5.41, 5.74) is 9.08. The molecular formula is C27H34N6O2. The van der Waals surface area contributed by atoms with Crippen LogP contribution in [0.5, 0.6) is 0 Å². The number of aliphatic hydroxyl groups is 2. The molecule has 0 amide bonds. The molecule has 0 saturated heterocycles. The summed E-state index contributed by atoms with van der Waals surface area (Å²) in [6, 6.07) is 12.9. The maximum absolute atomic E-state index is 10.9. The third kappa shape index (κ3) is 4.25. The average molecular weight is 475 g/mol. The highest BCUT2D eigenvalue weighted by Crippen LogP contribution is 2.40. The number of fused-ring (bicyclic) bond motifs is 2. The van der Waals surface area contributed by atoms with Crippen LogP contribution in [-0.4, -0.2) is 50.5 Å². The molecule has 0 bridgehead atoms. The van der Waals surface area contributed by atoms with E-state index < -0.39 is 12.2 Å². The van der Waals surface area contributed by atoms with E-state index in [9.17, 15) is 10.2 Å². The van der Waals surface area contributed by atoms with Gasteiger partial charge in [0.1, 0.15) is 30.2 Å². The van der Waals surface area contributed by atoms with Gasteiger partial charge in [-0.3, -0.25) is 0 Å². The maximum Gasteiger partial charge on any atom is 0.131 e. The van der Waals surface area contributed by atoms with E-state index >= 15 is 0 Å². The number of aromatic nitrogens is 2. The van der Waals surface area contributed by atoms with E-state index in [1.54, 1.807) is 0 Å². The molecule has 6 N–H and O–H groups in total. The van der Waals surface area contributed by atoms with Crippen LogP contribution in [0.3, 0.4) is 0 Å². The molecule has 8 nitrogen and oxygen atoms in total. The van der Waals surface area contributed by atoms with Crippen LogP contribution < -0.4 is 16.4 Å². The molecule has 2 fully saturated rings.